The van der Waals surface area contributed by atoms with Gasteiger partial charge in [-0.15, -0.1) is 11.3 Å². The summed E-state index contributed by atoms with van der Waals surface area (Å²) in [4.78, 5) is 11.0. The smallest absolute Gasteiger partial charge is 0.336 e. The fraction of sp³-hybridized carbons (Fsp3) is 0.0833. The molecule has 100 valence electrons. The number of hydrogen-bond acceptors (Lipinski definition) is 4. The second kappa shape index (κ2) is 5.02. The van der Waals surface area contributed by atoms with E-state index in [1.165, 1.54) is 18.2 Å². The molecular formula is C12H11NO4S2. The van der Waals surface area contributed by atoms with E-state index in [0.29, 0.717) is 5.56 Å². The number of sulfonamides is 1. The van der Waals surface area contributed by atoms with Crippen LogP contribution in [0.4, 0.5) is 5.69 Å². The van der Waals surface area contributed by atoms with Crippen LogP contribution in [0.2, 0.25) is 0 Å². The molecule has 0 radical (unpaired) electrons. The van der Waals surface area contributed by atoms with E-state index >= 15 is 0 Å². The number of anilines is 1. The molecule has 0 saturated heterocycles. The van der Waals surface area contributed by atoms with E-state index in [4.69, 9.17) is 5.11 Å². The van der Waals surface area contributed by atoms with Crippen LogP contribution in [0, 0.1) is 6.92 Å². The Morgan fingerprint density at radius 3 is 2.63 bits per heavy atom. The number of hydrogen-bond donors (Lipinski definition) is 2. The maximum atomic E-state index is 12.0. The zero-order valence-corrected chi connectivity index (χ0v) is 11.6. The molecule has 5 nitrogen and oxygen atoms in total. The van der Waals surface area contributed by atoms with Gasteiger partial charge in [0.05, 0.1) is 5.56 Å². The number of carbonyl (C=O) groups is 1. The van der Waals surface area contributed by atoms with Gasteiger partial charge in [-0.05, 0) is 36.1 Å². The minimum atomic E-state index is -3.65. The highest BCUT2D eigenvalue weighted by molar-refractivity contribution is 7.94. The van der Waals surface area contributed by atoms with Gasteiger partial charge in [0.15, 0.2) is 0 Å². The summed E-state index contributed by atoms with van der Waals surface area (Å²) in [5.41, 5.74) is 0.884. The van der Waals surface area contributed by atoms with E-state index in [1.807, 2.05) is 0 Å². The van der Waals surface area contributed by atoms with Crippen LogP contribution in [0.15, 0.2) is 39.9 Å². The van der Waals surface area contributed by atoms with Crippen molar-refractivity contribution < 1.29 is 18.3 Å². The van der Waals surface area contributed by atoms with Crippen molar-refractivity contribution in [2.24, 2.45) is 0 Å². The van der Waals surface area contributed by atoms with Gasteiger partial charge in [0.1, 0.15) is 4.21 Å². The molecule has 0 aliphatic carbocycles. The molecular weight excluding hydrogens is 286 g/mol. The zero-order valence-electron chi connectivity index (χ0n) is 9.95. The highest BCUT2D eigenvalue weighted by Crippen LogP contribution is 2.22. The normalized spacial score (nSPS) is 11.2. The summed E-state index contributed by atoms with van der Waals surface area (Å²) in [6.45, 7) is 1.65. The Balaban J connectivity index is 2.35. The van der Waals surface area contributed by atoms with Gasteiger partial charge >= 0.3 is 5.97 Å². The van der Waals surface area contributed by atoms with Crippen LogP contribution in [0.1, 0.15) is 15.9 Å². The van der Waals surface area contributed by atoms with Crippen LogP contribution in [0.5, 0.6) is 0 Å². The van der Waals surface area contributed by atoms with Crippen molar-refractivity contribution in [2.75, 3.05) is 4.72 Å². The number of benzene rings is 1. The largest absolute Gasteiger partial charge is 0.478 e. The summed E-state index contributed by atoms with van der Waals surface area (Å²) < 4.78 is 26.5. The molecule has 2 rings (SSSR count). The van der Waals surface area contributed by atoms with E-state index < -0.39 is 16.0 Å². The number of carboxylic acid groups (broad SMARTS) is 1. The molecule has 0 atom stereocenters. The Morgan fingerprint density at radius 1 is 1.32 bits per heavy atom. The maximum absolute atomic E-state index is 12.0. The van der Waals surface area contributed by atoms with Crippen LogP contribution < -0.4 is 4.72 Å². The van der Waals surface area contributed by atoms with Gasteiger partial charge in [0.25, 0.3) is 10.0 Å². The molecule has 0 aliphatic heterocycles. The summed E-state index contributed by atoms with van der Waals surface area (Å²) >= 11 is 1.10. The first kappa shape index (κ1) is 13.6. The number of aryl methyl sites for hydroxylation is 1. The molecule has 1 aromatic carbocycles. The zero-order chi connectivity index (χ0) is 14.0. The molecule has 0 unspecified atom stereocenters. The van der Waals surface area contributed by atoms with E-state index in [-0.39, 0.29) is 15.5 Å². The van der Waals surface area contributed by atoms with E-state index in [2.05, 4.69) is 4.72 Å². The van der Waals surface area contributed by atoms with Crippen LogP contribution in [-0.4, -0.2) is 19.5 Å². The highest BCUT2D eigenvalue weighted by atomic mass is 32.2. The van der Waals surface area contributed by atoms with Gasteiger partial charge in [0, 0.05) is 5.69 Å². The summed E-state index contributed by atoms with van der Waals surface area (Å²) in [5.74, 6) is -1.09. The first-order chi connectivity index (χ1) is 8.90. The standard InChI is InChI=1S/C12H11NO4S2/c1-8-4-5-9(7-10(8)12(14)15)13-19(16,17)11-3-2-6-18-11/h2-7,13H,1H3,(H,14,15). The highest BCUT2D eigenvalue weighted by Gasteiger charge is 2.16. The minimum absolute atomic E-state index is 0.0754. The van der Waals surface area contributed by atoms with Gasteiger partial charge in [0.2, 0.25) is 0 Å². The monoisotopic (exact) mass is 297 g/mol. The first-order valence-corrected chi connectivity index (χ1v) is 7.67. The topological polar surface area (TPSA) is 83.5 Å². The van der Waals surface area contributed by atoms with Crippen LogP contribution >= 0.6 is 11.3 Å². The second-order valence-electron chi connectivity index (χ2n) is 3.87. The summed E-state index contributed by atoms with van der Waals surface area (Å²) in [6.07, 6.45) is 0. The summed E-state index contributed by atoms with van der Waals surface area (Å²) in [7, 11) is -3.65. The maximum Gasteiger partial charge on any atom is 0.336 e. The predicted molar refractivity (Wildman–Crippen MR) is 73.3 cm³/mol. The third-order valence-corrected chi connectivity index (χ3v) is 5.26. The molecule has 19 heavy (non-hydrogen) atoms. The third-order valence-electron chi connectivity index (χ3n) is 2.48. The lowest BCUT2D eigenvalue weighted by molar-refractivity contribution is 0.0696. The number of rotatable bonds is 4. The van der Waals surface area contributed by atoms with Crippen molar-refractivity contribution in [3.63, 3.8) is 0 Å². The second-order valence-corrected chi connectivity index (χ2v) is 6.73. The fourth-order valence-electron chi connectivity index (χ4n) is 1.54. The molecule has 0 saturated carbocycles. The van der Waals surface area contributed by atoms with Crippen molar-refractivity contribution in [3.05, 3.63) is 46.8 Å². The predicted octanol–water partition coefficient (Wildman–Crippen LogP) is 2.56. The van der Waals surface area contributed by atoms with Gasteiger partial charge in [-0.2, -0.15) is 0 Å². The van der Waals surface area contributed by atoms with Gasteiger partial charge in [-0.3, -0.25) is 4.72 Å². The van der Waals surface area contributed by atoms with Crippen molar-refractivity contribution in [1.29, 1.82) is 0 Å². The Labute approximate surface area is 114 Å². The fourth-order valence-corrected chi connectivity index (χ4v) is 3.58. The molecule has 0 aliphatic rings. The quantitative estimate of drug-likeness (QED) is 0.908. The van der Waals surface area contributed by atoms with E-state index in [1.54, 1.807) is 24.4 Å². The Kier molecular flexibility index (Phi) is 3.59. The molecule has 2 aromatic rings. The van der Waals surface area contributed by atoms with Crippen LogP contribution in [0.25, 0.3) is 0 Å². The lowest BCUT2D eigenvalue weighted by Gasteiger charge is -2.08. The lowest BCUT2D eigenvalue weighted by Crippen LogP contribution is -2.12. The first-order valence-electron chi connectivity index (χ1n) is 5.30. The average Bonchev–Trinajstić information content (AvgIpc) is 2.85. The molecule has 2 N–H and O–H groups in total. The Bertz CT molecular complexity index is 705. The molecule has 0 fully saturated rings. The SMILES string of the molecule is Cc1ccc(NS(=O)(=O)c2cccs2)cc1C(=O)O. The molecule has 7 heteroatoms. The third kappa shape index (κ3) is 2.94. The average molecular weight is 297 g/mol. The van der Waals surface area contributed by atoms with Gasteiger partial charge < -0.3 is 5.11 Å². The number of carboxylic acids is 1. The Morgan fingerprint density at radius 2 is 2.05 bits per heavy atom. The number of thiophene rings is 1. The molecule has 1 aromatic heterocycles. The summed E-state index contributed by atoms with van der Waals surface area (Å²) in [5, 5.41) is 10.7. The minimum Gasteiger partial charge on any atom is -0.478 e. The Hall–Kier alpha value is -1.86. The van der Waals surface area contributed by atoms with Crippen molar-refractivity contribution in [3.8, 4) is 0 Å². The number of aromatic carboxylic acids is 1. The number of nitrogens with one attached hydrogen (secondary N) is 1. The van der Waals surface area contributed by atoms with Crippen molar-refractivity contribution >= 4 is 33.0 Å². The summed E-state index contributed by atoms with van der Waals surface area (Å²) in [6, 6.07) is 7.53. The van der Waals surface area contributed by atoms with E-state index in [0.717, 1.165) is 11.3 Å². The lowest BCUT2D eigenvalue weighted by atomic mass is 10.1. The van der Waals surface area contributed by atoms with Crippen molar-refractivity contribution in [1.82, 2.24) is 0 Å². The van der Waals surface area contributed by atoms with Gasteiger partial charge in [-0.25, -0.2) is 13.2 Å². The molecule has 1 heterocycles. The van der Waals surface area contributed by atoms with E-state index in [9.17, 15) is 13.2 Å². The molecule has 0 bridgehead atoms. The molecule has 0 spiro atoms. The van der Waals surface area contributed by atoms with Crippen molar-refractivity contribution in [2.45, 2.75) is 11.1 Å². The van der Waals surface area contributed by atoms with Crippen LogP contribution in [0.3, 0.4) is 0 Å². The van der Waals surface area contributed by atoms with Crippen LogP contribution in [-0.2, 0) is 10.0 Å². The van der Waals surface area contributed by atoms with Gasteiger partial charge in [-0.1, -0.05) is 12.1 Å². The molecule has 0 amide bonds.